The van der Waals surface area contributed by atoms with E-state index in [9.17, 15) is 22.8 Å². The van der Waals surface area contributed by atoms with Gasteiger partial charge in [-0.25, -0.2) is 4.79 Å². The van der Waals surface area contributed by atoms with E-state index in [1.807, 2.05) is 19.1 Å². The lowest BCUT2D eigenvalue weighted by molar-refractivity contribution is -0.274. The van der Waals surface area contributed by atoms with Gasteiger partial charge in [-0.2, -0.15) is 0 Å². The first-order chi connectivity index (χ1) is 12.7. The van der Waals surface area contributed by atoms with Gasteiger partial charge in [-0.1, -0.05) is 18.2 Å². The highest BCUT2D eigenvalue weighted by Gasteiger charge is 2.30. The standard InChI is InChI=1S/C18H16F3NO5/c1-12-4-2-3-5-15(12)25-11-17(24)26-10-16(23)22-13-6-8-14(9-7-13)27-18(19,20)21/h2-9H,10-11H2,1H3,(H,22,23). The number of para-hydroxylation sites is 1. The molecule has 6 nitrogen and oxygen atoms in total. The summed E-state index contributed by atoms with van der Waals surface area (Å²) < 4.78 is 50.0. The van der Waals surface area contributed by atoms with Gasteiger partial charge < -0.3 is 19.5 Å². The lowest BCUT2D eigenvalue weighted by Gasteiger charge is -2.10. The summed E-state index contributed by atoms with van der Waals surface area (Å²) in [5.74, 6) is -1.27. The lowest BCUT2D eigenvalue weighted by Crippen LogP contribution is -2.23. The molecule has 9 heteroatoms. The van der Waals surface area contributed by atoms with Gasteiger partial charge in [0.15, 0.2) is 13.2 Å². The van der Waals surface area contributed by atoms with Gasteiger partial charge in [0, 0.05) is 5.69 Å². The van der Waals surface area contributed by atoms with Crippen LogP contribution in [0.2, 0.25) is 0 Å². The molecule has 2 aromatic carbocycles. The molecule has 144 valence electrons. The van der Waals surface area contributed by atoms with Crippen molar-refractivity contribution in [2.24, 2.45) is 0 Å². The third kappa shape index (κ3) is 7.27. The molecule has 0 saturated carbocycles. The molecule has 27 heavy (non-hydrogen) atoms. The molecule has 0 aromatic heterocycles. The normalized spacial score (nSPS) is 10.8. The average molecular weight is 383 g/mol. The Morgan fingerprint density at radius 3 is 2.30 bits per heavy atom. The molecule has 0 spiro atoms. The van der Waals surface area contributed by atoms with Crippen molar-refractivity contribution < 1.29 is 37.0 Å². The van der Waals surface area contributed by atoms with Crippen LogP contribution in [0.4, 0.5) is 18.9 Å². The number of ether oxygens (including phenoxy) is 3. The molecule has 0 heterocycles. The summed E-state index contributed by atoms with van der Waals surface area (Å²) in [5.41, 5.74) is 1.07. The first-order valence-electron chi connectivity index (χ1n) is 7.72. The number of carbonyl (C=O) groups excluding carboxylic acids is 2. The van der Waals surface area contributed by atoms with Crippen molar-refractivity contribution in [2.45, 2.75) is 13.3 Å². The first-order valence-corrected chi connectivity index (χ1v) is 7.72. The Morgan fingerprint density at radius 2 is 1.67 bits per heavy atom. The number of nitrogens with one attached hydrogen (secondary N) is 1. The van der Waals surface area contributed by atoms with Crippen molar-refractivity contribution in [3.8, 4) is 11.5 Å². The number of aryl methyl sites for hydroxylation is 1. The molecule has 1 amide bonds. The molecule has 2 aromatic rings. The van der Waals surface area contributed by atoms with E-state index >= 15 is 0 Å². The monoisotopic (exact) mass is 383 g/mol. The smallest absolute Gasteiger partial charge is 0.482 e. The molecule has 0 atom stereocenters. The highest BCUT2D eigenvalue weighted by Crippen LogP contribution is 2.23. The van der Waals surface area contributed by atoms with Crippen LogP contribution in [-0.4, -0.2) is 31.5 Å². The van der Waals surface area contributed by atoms with E-state index < -0.39 is 30.6 Å². The van der Waals surface area contributed by atoms with Gasteiger partial charge in [-0.05, 0) is 42.8 Å². The maximum Gasteiger partial charge on any atom is 0.573 e. The van der Waals surface area contributed by atoms with Gasteiger partial charge in [0.1, 0.15) is 11.5 Å². The minimum Gasteiger partial charge on any atom is -0.482 e. The number of rotatable bonds is 7. The topological polar surface area (TPSA) is 73.9 Å². The van der Waals surface area contributed by atoms with Gasteiger partial charge >= 0.3 is 12.3 Å². The van der Waals surface area contributed by atoms with Gasteiger partial charge in [0.05, 0.1) is 0 Å². The quantitative estimate of drug-likeness (QED) is 0.742. The van der Waals surface area contributed by atoms with Crippen LogP contribution in [-0.2, 0) is 14.3 Å². The van der Waals surface area contributed by atoms with Crippen molar-refractivity contribution in [1.29, 1.82) is 0 Å². The number of hydrogen-bond acceptors (Lipinski definition) is 5. The molecule has 0 bridgehead atoms. The fourth-order valence-corrected chi connectivity index (χ4v) is 1.98. The average Bonchev–Trinajstić information content (AvgIpc) is 2.60. The lowest BCUT2D eigenvalue weighted by atomic mass is 10.2. The van der Waals surface area contributed by atoms with E-state index in [1.54, 1.807) is 12.1 Å². The SMILES string of the molecule is Cc1ccccc1OCC(=O)OCC(=O)Nc1ccc(OC(F)(F)F)cc1. The van der Waals surface area contributed by atoms with E-state index in [0.29, 0.717) is 5.75 Å². The van der Waals surface area contributed by atoms with Crippen molar-refractivity contribution in [2.75, 3.05) is 18.5 Å². The van der Waals surface area contributed by atoms with E-state index in [1.165, 1.54) is 12.1 Å². The van der Waals surface area contributed by atoms with Gasteiger partial charge in [-0.15, -0.1) is 13.2 Å². The number of amides is 1. The zero-order chi connectivity index (χ0) is 19.9. The minimum atomic E-state index is -4.79. The van der Waals surface area contributed by atoms with Crippen LogP contribution in [0.1, 0.15) is 5.56 Å². The van der Waals surface area contributed by atoms with Crippen molar-refractivity contribution in [3.63, 3.8) is 0 Å². The predicted octanol–water partition coefficient (Wildman–Crippen LogP) is 3.45. The predicted molar refractivity (Wildman–Crippen MR) is 89.4 cm³/mol. The number of halogens is 3. The fraction of sp³-hybridized carbons (Fsp3) is 0.222. The Bertz CT molecular complexity index is 790. The number of alkyl halides is 3. The van der Waals surface area contributed by atoms with E-state index in [4.69, 9.17) is 9.47 Å². The molecular formula is C18H16F3NO5. The maximum absolute atomic E-state index is 12.1. The summed E-state index contributed by atoms with van der Waals surface area (Å²) in [6.07, 6.45) is -4.79. The largest absolute Gasteiger partial charge is 0.573 e. The third-order valence-corrected chi connectivity index (χ3v) is 3.18. The second kappa shape index (κ2) is 8.93. The first kappa shape index (κ1) is 20.1. The Kier molecular flexibility index (Phi) is 6.64. The molecule has 0 unspecified atom stereocenters. The van der Waals surface area contributed by atoms with Crippen LogP contribution in [0.25, 0.3) is 0 Å². The van der Waals surface area contributed by atoms with Gasteiger partial charge in [0.25, 0.3) is 5.91 Å². The molecule has 2 rings (SSSR count). The van der Waals surface area contributed by atoms with Crippen LogP contribution < -0.4 is 14.8 Å². The summed E-state index contributed by atoms with van der Waals surface area (Å²) in [4.78, 5) is 23.3. The van der Waals surface area contributed by atoms with Crippen LogP contribution in [0.15, 0.2) is 48.5 Å². The number of hydrogen-bond donors (Lipinski definition) is 1. The van der Waals surface area contributed by atoms with Gasteiger partial charge in [-0.3, -0.25) is 4.79 Å². The number of carbonyl (C=O) groups is 2. The zero-order valence-corrected chi connectivity index (χ0v) is 14.2. The molecule has 0 fully saturated rings. The van der Waals surface area contributed by atoms with Crippen LogP contribution in [0.5, 0.6) is 11.5 Å². The number of anilines is 1. The summed E-state index contributed by atoms with van der Waals surface area (Å²) in [6, 6.07) is 11.6. The van der Waals surface area contributed by atoms with E-state index in [0.717, 1.165) is 17.7 Å². The van der Waals surface area contributed by atoms with Crippen molar-refractivity contribution in [3.05, 3.63) is 54.1 Å². The zero-order valence-electron chi connectivity index (χ0n) is 14.2. The Morgan fingerprint density at radius 1 is 1.00 bits per heavy atom. The van der Waals surface area contributed by atoms with Gasteiger partial charge in [0.2, 0.25) is 0 Å². The van der Waals surface area contributed by atoms with E-state index in [-0.39, 0.29) is 12.3 Å². The van der Waals surface area contributed by atoms with Crippen molar-refractivity contribution >= 4 is 17.6 Å². The Balaban J connectivity index is 1.74. The van der Waals surface area contributed by atoms with Crippen LogP contribution in [0, 0.1) is 6.92 Å². The second-order valence-corrected chi connectivity index (χ2v) is 5.34. The highest BCUT2D eigenvalue weighted by atomic mass is 19.4. The minimum absolute atomic E-state index is 0.224. The molecule has 0 saturated heterocycles. The third-order valence-electron chi connectivity index (χ3n) is 3.18. The van der Waals surface area contributed by atoms with E-state index in [2.05, 4.69) is 10.1 Å². The molecule has 1 N–H and O–H groups in total. The summed E-state index contributed by atoms with van der Waals surface area (Å²) in [7, 11) is 0. The Hall–Kier alpha value is -3.23. The van der Waals surface area contributed by atoms with Crippen molar-refractivity contribution in [1.82, 2.24) is 0 Å². The summed E-state index contributed by atoms with van der Waals surface area (Å²) >= 11 is 0. The molecule has 0 aliphatic rings. The maximum atomic E-state index is 12.1. The van der Waals surface area contributed by atoms with Crippen LogP contribution in [0.3, 0.4) is 0 Å². The fourth-order valence-electron chi connectivity index (χ4n) is 1.98. The molecule has 0 aliphatic carbocycles. The second-order valence-electron chi connectivity index (χ2n) is 5.34. The highest BCUT2D eigenvalue weighted by molar-refractivity contribution is 5.92. The van der Waals surface area contributed by atoms with Crippen LogP contribution >= 0.6 is 0 Å². The molecule has 0 aliphatic heterocycles. The molecule has 0 radical (unpaired) electrons. The number of esters is 1. The molecular weight excluding hydrogens is 367 g/mol. The number of benzene rings is 2. The summed E-state index contributed by atoms with van der Waals surface area (Å²) in [6.45, 7) is 0.900. The Labute approximate surface area is 152 Å². The summed E-state index contributed by atoms with van der Waals surface area (Å²) in [5, 5.41) is 2.38.